The molecular weight excluding hydrogens is 330 g/mol. The van der Waals surface area contributed by atoms with Crippen molar-refractivity contribution in [2.24, 2.45) is 0 Å². The van der Waals surface area contributed by atoms with Crippen molar-refractivity contribution in [2.75, 3.05) is 0 Å². The molecule has 2 aromatic heterocycles. The Balaban J connectivity index is 1.94. The number of imidazole rings is 1. The molecule has 1 unspecified atom stereocenters. The van der Waals surface area contributed by atoms with E-state index in [2.05, 4.69) is 25.9 Å². The highest BCUT2D eigenvalue weighted by molar-refractivity contribution is 9.10. The first-order valence-electron chi connectivity index (χ1n) is 5.86. The van der Waals surface area contributed by atoms with Gasteiger partial charge in [-0.1, -0.05) is 0 Å². The van der Waals surface area contributed by atoms with Gasteiger partial charge in [0.05, 0.1) is 24.3 Å². The van der Waals surface area contributed by atoms with E-state index in [4.69, 9.17) is 4.42 Å². The molecule has 7 nitrogen and oxygen atoms in total. The minimum absolute atomic E-state index is 0.103. The Morgan fingerprint density at radius 3 is 2.95 bits per heavy atom. The number of aliphatic carboxylic acids is 1. The second-order valence-corrected chi connectivity index (χ2v) is 5.20. The molecular formula is C12H10BrN3O4. The summed E-state index contributed by atoms with van der Waals surface area (Å²) in [4.78, 5) is 32.0. The van der Waals surface area contributed by atoms with Gasteiger partial charge < -0.3 is 19.4 Å². The number of halogens is 1. The molecule has 3 heterocycles. The lowest BCUT2D eigenvalue weighted by Crippen LogP contribution is -2.48. The molecule has 8 heteroatoms. The van der Waals surface area contributed by atoms with Crippen molar-refractivity contribution in [3.63, 3.8) is 0 Å². The van der Waals surface area contributed by atoms with Gasteiger partial charge in [-0.25, -0.2) is 9.78 Å². The van der Waals surface area contributed by atoms with Gasteiger partial charge in [0.2, 0.25) is 0 Å². The van der Waals surface area contributed by atoms with Crippen LogP contribution in [0.15, 0.2) is 27.5 Å². The maximum absolute atomic E-state index is 12.4. The summed E-state index contributed by atoms with van der Waals surface area (Å²) in [6.07, 6.45) is 1.68. The lowest BCUT2D eigenvalue weighted by molar-refractivity contribution is -0.142. The number of amides is 1. The Morgan fingerprint density at radius 2 is 2.30 bits per heavy atom. The summed E-state index contributed by atoms with van der Waals surface area (Å²) < 4.78 is 5.63. The fourth-order valence-corrected chi connectivity index (χ4v) is 2.55. The number of fused-ring (bicyclic) bond motifs is 1. The van der Waals surface area contributed by atoms with E-state index in [1.165, 1.54) is 17.3 Å². The number of hydrogen-bond donors (Lipinski definition) is 2. The zero-order chi connectivity index (χ0) is 14.3. The predicted octanol–water partition coefficient (Wildman–Crippen LogP) is 1.42. The number of aromatic nitrogens is 2. The summed E-state index contributed by atoms with van der Waals surface area (Å²) in [5, 5.41) is 9.30. The second-order valence-electron chi connectivity index (χ2n) is 4.42. The molecule has 0 saturated heterocycles. The average molecular weight is 340 g/mol. The van der Waals surface area contributed by atoms with E-state index in [1.807, 2.05) is 0 Å². The van der Waals surface area contributed by atoms with Crippen LogP contribution in [0, 0.1) is 0 Å². The van der Waals surface area contributed by atoms with Gasteiger partial charge in [-0.3, -0.25) is 4.79 Å². The van der Waals surface area contributed by atoms with Crippen LogP contribution in [0.3, 0.4) is 0 Å². The molecule has 1 aliphatic rings. The maximum Gasteiger partial charge on any atom is 0.326 e. The molecule has 0 fully saturated rings. The number of hydrogen-bond acceptors (Lipinski definition) is 4. The minimum atomic E-state index is -1.06. The molecule has 3 rings (SSSR count). The van der Waals surface area contributed by atoms with Gasteiger partial charge in [0, 0.05) is 6.42 Å². The lowest BCUT2D eigenvalue weighted by atomic mass is 10.0. The SMILES string of the molecule is O=C(O)C1Cc2nc[nH]c2CN1C(=O)c1ccc(Br)o1. The smallest absolute Gasteiger partial charge is 0.326 e. The highest BCUT2D eigenvalue weighted by Gasteiger charge is 2.37. The molecule has 0 bridgehead atoms. The van der Waals surface area contributed by atoms with Gasteiger partial charge >= 0.3 is 5.97 Å². The fourth-order valence-electron chi connectivity index (χ4n) is 2.24. The van der Waals surface area contributed by atoms with Crippen molar-refractivity contribution >= 4 is 27.8 Å². The molecule has 0 aromatic carbocycles. The lowest BCUT2D eigenvalue weighted by Gasteiger charge is -2.31. The molecule has 1 amide bonds. The van der Waals surface area contributed by atoms with Crippen molar-refractivity contribution < 1.29 is 19.1 Å². The third kappa shape index (κ3) is 2.11. The number of carbonyl (C=O) groups excluding carboxylic acids is 1. The molecule has 0 spiro atoms. The topological polar surface area (TPSA) is 99.4 Å². The summed E-state index contributed by atoms with van der Waals surface area (Å²) in [5.74, 6) is -1.41. The van der Waals surface area contributed by atoms with Crippen molar-refractivity contribution in [3.8, 4) is 0 Å². The van der Waals surface area contributed by atoms with Crippen molar-refractivity contribution in [2.45, 2.75) is 19.0 Å². The Bertz CT molecular complexity index is 678. The predicted molar refractivity (Wildman–Crippen MR) is 70.0 cm³/mol. The Morgan fingerprint density at radius 1 is 1.50 bits per heavy atom. The number of carboxylic acids is 1. The maximum atomic E-state index is 12.4. The molecule has 2 N–H and O–H groups in total. The third-order valence-electron chi connectivity index (χ3n) is 3.23. The van der Waals surface area contributed by atoms with Crippen LogP contribution in [0.2, 0.25) is 0 Å². The standard InChI is InChI=1S/C12H10BrN3O4/c13-10-2-1-9(20-10)11(17)16-4-7-6(14-5-15-7)3-8(16)12(18)19/h1-2,5,8H,3-4H2,(H,14,15)(H,18,19). The van der Waals surface area contributed by atoms with Gasteiger partial charge in [0.15, 0.2) is 10.4 Å². The number of aromatic amines is 1. The van der Waals surface area contributed by atoms with E-state index >= 15 is 0 Å². The van der Waals surface area contributed by atoms with Crippen LogP contribution < -0.4 is 0 Å². The molecule has 20 heavy (non-hydrogen) atoms. The van der Waals surface area contributed by atoms with Crippen LogP contribution in [0.5, 0.6) is 0 Å². The van der Waals surface area contributed by atoms with Gasteiger partial charge in [-0.2, -0.15) is 0 Å². The summed E-state index contributed by atoms with van der Waals surface area (Å²) in [5.41, 5.74) is 1.43. The first-order valence-corrected chi connectivity index (χ1v) is 6.66. The zero-order valence-corrected chi connectivity index (χ0v) is 11.8. The van der Waals surface area contributed by atoms with Gasteiger partial charge in [0.1, 0.15) is 6.04 Å². The van der Waals surface area contributed by atoms with Crippen LogP contribution in [-0.2, 0) is 17.8 Å². The highest BCUT2D eigenvalue weighted by atomic mass is 79.9. The number of rotatable bonds is 2. The van der Waals surface area contributed by atoms with Gasteiger partial charge in [-0.05, 0) is 28.1 Å². The number of H-pyrrole nitrogens is 1. The monoisotopic (exact) mass is 339 g/mol. The van der Waals surface area contributed by atoms with Crippen LogP contribution in [0.1, 0.15) is 21.9 Å². The summed E-state index contributed by atoms with van der Waals surface area (Å²) in [6.45, 7) is 0.170. The van der Waals surface area contributed by atoms with E-state index < -0.39 is 17.9 Å². The second kappa shape index (κ2) is 4.78. The minimum Gasteiger partial charge on any atom is -0.480 e. The molecule has 0 saturated carbocycles. The van der Waals surface area contributed by atoms with Gasteiger partial charge in [-0.15, -0.1) is 0 Å². The van der Waals surface area contributed by atoms with E-state index in [-0.39, 0.29) is 18.7 Å². The summed E-state index contributed by atoms with van der Waals surface area (Å²) in [7, 11) is 0. The number of nitrogens with zero attached hydrogens (tertiary/aromatic N) is 2. The van der Waals surface area contributed by atoms with E-state index in [9.17, 15) is 14.7 Å². The average Bonchev–Trinajstić information content (AvgIpc) is 3.04. The van der Waals surface area contributed by atoms with Crippen LogP contribution in [-0.4, -0.2) is 37.9 Å². The number of nitrogens with one attached hydrogen (secondary N) is 1. The van der Waals surface area contributed by atoms with Crippen LogP contribution >= 0.6 is 15.9 Å². The van der Waals surface area contributed by atoms with Crippen molar-refractivity contribution in [1.29, 1.82) is 0 Å². The Kier molecular flexibility index (Phi) is 3.09. The van der Waals surface area contributed by atoms with Crippen molar-refractivity contribution in [1.82, 2.24) is 14.9 Å². The number of carboxylic acid groups (broad SMARTS) is 1. The molecule has 0 radical (unpaired) electrons. The van der Waals surface area contributed by atoms with Crippen LogP contribution in [0.25, 0.3) is 0 Å². The normalized spacial score (nSPS) is 17.9. The molecule has 2 aromatic rings. The molecule has 104 valence electrons. The Hall–Kier alpha value is -2.09. The van der Waals surface area contributed by atoms with Crippen LogP contribution in [0.4, 0.5) is 0 Å². The van der Waals surface area contributed by atoms with Gasteiger partial charge in [0.25, 0.3) is 5.91 Å². The summed E-state index contributed by atoms with van der Waals surface area (Å²) >= 11 is 3.12. The first kappa shape index (κ1) is 12.9. The zero-order valence-electron chi connectivity index (χ0n) is 10.2. The number of carbonyl (C=O) groups is 2. The Labute approximate surface area is 121 Å². The molecule has 0 aliphatic carbocycles. The first-order chi connectivity index (χ1) is 9.56. The summed E-state index contributed by atoms with van der Waals surface area (Å²) in [6, 6.07) is 2.16. The molecule has 1 aliphatic heterocycles. The number of furan rings is 1. The van der Waals surface area contributed by atoms with Crippen molar-refractivity contribution in [3.05, 3.63) is 40.3 Å². The quantitative estimate of drug-likeness (QED) is 0.861. The van der Waals surface area contributed by atoms with E-state index in [0.29, 0.717) is 10.4 Å². The van der Waals surface area contributed by atoms with E-state index in [1.54, 1.807) is 6.07 Å². The molecule has 1 atom stereocenters. The highest BCUT2D eigenvalue weighted by Crippen LogP contribution is 2.24. The van der Waals surface area contributed by atoms with E-state index in [0.717, 1.165) is 5.69 Å². The fraction of sp³-hybridized carbons (Fsp3) is 0.250. The largest absolute Gasteiger partial charge is 0.480 e. The third-order valence-corrected chi connectivity index (χ3v) is 3.66.